The van der Waals surface area contributed by atoms with Gasteiger partial charge in [0.1, 0.15) is 5.60 Å². The average molecular weight is 244 g/mol. The molecule has 5 nitrogen and oxygen atoms in total. The number of nitrogens with two attached hydrogens (primary N) is 1. The highest BCUT2D eigenvalue weighted by atomic mass is 16.6. The second-order valence-corrected chi connectivity index (χ2v) is 5.48. The van der Waals surface area contributed by atoms with Gasteiger partial charge in [-0.1, -0.05) is 0 Å². The number of amides is 1. The number of piperidine rings is 1. The van der Waals surface area contributed by atoms with Gasteiger partial charge in [0.25, 0.3) is 0 Å². The molecule has 100 valence electrons. The van der Waals surface area contributed by atoms with Crippen molar-refractivity contribution in [2.24, 2.45) is 11.7 Å². The minimum absolute atomic E-state index is 0.0151. The van der Waals surface area contributed by atoms with E-state index < -0.39 is 5.60 Å². The van der Waals surface area contributed by atoms with Crippen LogP contribution in [0.25, 0.3) is 0 Å². The molecule has 0 aromatic rings. The van der Waals surface area contributed by atoms with Crippen molar-refractivity contribution in [2.45, 2.75) is 38.9 Å². The highest BCUT2D eigenvalue weighted by Gasteiger charge is 2.32. The third-order valence-electron chi connectivity index (χ3n) is 2.95. The first-order valence-corrected chi connectivity index (χ1v) is 6.08. The fourth-order valence-corrected chi connectivity index (χ4v) is 1.99. The Labute approximate surface area is 103 Å². The molecular weight excluding hydrogens is 220 g/mol. The zero-order valence-corrected chi connectivity index (χ0v) is 11.2. The predicted molar refractivity (Wildman–Crippen MR) is 65.8 cm³/mol. The molecule has 0 aliphatic carbocycles. The number of nitrogens with zero attached hydrogens (tertiary/aromatic N) is 1. The lowest BCUT2D eigenvalue weighted by Crippen LogP contribution is -2.50. The Balaban J connectivity index is 2.54. The van der Waals surface area contributed by atoms with Crippen molar-refractivity contribution in [3.8, 4) is 0 Å². The topological polar surface area (TPSA) is 64.8 Å². The van der Waals surface area contributed by atoms with E-state index in [9.17, 15) is 4.79 Å². The van der Waals surface area contributed by atoms with E-state index in [2.05, 4.69) is 0 Å². The molecular formula is C12H24N2O3. The quantitative estimate of drug-likeness (QED) is 0.793. The lowest BCUT2D eigenvalue weighted by Gasteiger charge is -2.37. The minimum Gasteiger partial charge on any atom is -0.444 e. The standard InChI is InChI=1S/C12H24N2O3/c1-12(2,3)17-11(15)14-6-5-9(7-13)10(8-14)16-4/h9-10H,5-8,13H2,1-4H3/t9-,10-/m1/s1. The largest absolute Gasteiger partial charge is 0.444 e. The molecule has 1 fully saturated rings. The summed E-state index contributed by atoms with van der Waals surface area (Å²) in [5, 5.41) is 0. The fourth-order valence-electron chi connectivity index (χ4n) is 1.99. The molecule has 2 atom stereocenters. The van der Waals surface area contributed by atoms with Gasteiger partial charge in [-0.15, -0.1) is 0 Å². The number of hydrogen-bond acceptors (Lipinski definition) is 4. The zero-order valence-electron chi connectivity index (χ0n) is 11.2. The van der Waals surface area contributed by atoms with Crippen molar-refractivity contribution in [1.29, 1.82) is 0 Å². The summed E-state index contributed by atoms with van der Waals surface area (Å²) in [6, 6.07) is 0. The molecule has 1 aliphatic rings. The zero-order chi connectivity index (χ0) is 13.1. The van der Waals surface area contributed by atoms with Crippen molar-refractivity contribution < 1.29 is 14.3 Å². The van der Waals surface area contributed by atoms with E-state index in [1.165, 1.54) is 0 Å². The smallest absolute Gasteiger partial charge is 0.410 e. The second-order valence-electron chi connectivity index (χ2n) is 5.48. The monoisotopic (exact) mass is 244 g/mol. The summed E-state index contributed by atoms with van der Waals surface area (Å²) < 4.78 is 10.7. The summed E-state index contributed by atoms with van der Waals surface area (Å²) in [6.45, 7) is 7.45. The number of ether oxygens (including phenoxy) is 2. The summed E-state index contributed by atoms with van der Waals surface area (Å²) in [4.78, 5) is 13.6. The van der Waals surface area contributed by atoms with Crippen LogP contribution in [0.5, 0.6) is 0 Å². The van der Waals surface area contributed by atoms with Gasteiger partial charge in [-0.25, -0.2) is 4.79 Å². The first-order chi connectivity index (χ1) is 7.87. The molecule has 1 rings (SSSR count). The first-order valence-electron chi connectivity index (χ1n) is 6.08. The van der Waals surface area contributed by atoms with Crippen LogP contribution in [0.2, 0.25) is 0 Å². The molecule has 1 heterocycles. The van der Waals surface area contributed by atoms with E-state index in [0.717, 1.165) is 6.42 Å². The van der Waals surface area contributed by atoms with E-state index >= 15 is 0 Å². The normalized spacial score (nSPS) is 25.8. The van der Waals surface area contributed by atoms with Crippen LogP contribution in [0, 0.1) is 5.92 Å². The van der Waals surface area contributed by atoms with Crippen molar-refractivity contribution in [1.82, 2.24) is 4.90 Å². The lowest BCUT2D eigenvalue weighted by molar-refractivity contribution is -0.0266. The third kappa shape index (κ3) is 4.16. The van der Waals surface area contributed by atoms with Crippen LogP contribution in [-0.2, 0) is 9.47 Å². The van der Waals surface area contributed by atoms with Gasteiger partial charge in [0, 0.05) is 19.6 Å². The average Bonchev–Trinajstić information content (AvgIpc) is 2.25. The maximum Gasteiger partial charge on any atom is 0.410 e. The molecule has 1 aliphatic heterocycles. The van der Waals surface area contributed by atoms with E-state index in [1.54, 1.807) is 12.0 Å². The molecule has 0 spiro atoms. The third-order valence-corrected chi connectivity index (χ3v) is 2.95. The van der Waals surface area contributed by atoms with Crippen LogP contribution in [-0.4, -0.2) is 49.4 Å². The van der Waals surface area contributed by atoms with Crippen molar-refractivity contribution in [3.63, 3.8) is 0 Å². The number of likely N-dealkylation sites (tertiary alicyclic amines) is 1. The molecule has 0 aromatic heterocycles. The first kappa shape index (κ1) is 14.3. The van der Waals surface area contributed by atoms with Crippen LogP contribution < -0.4 is 5.73 Å². The molecule has 1 saturated heterocycles. The van der Waals surface area contributed by atoms with E-state index in [1.807, 2.05) is 20.8 Å². The number of methoxy groups -OCH3 is 1. The molecule has 0 saturated carbocycles. The van der Waals surface area contributed by atoms with Crippen LogP contribution in [0.1, 0.15) is 27.2 Å². The second kappa shape index (κ2) is 5.69. The molecule has 1 amide bonds. The van der Waals surface area contributed by atoms with Gasteiger partial charge in [0.05, 0.1) is 12.6 Å². The van der Waals surface area contributed by atoms with E-state index in [4.69, 9.17) is 15.2 Å². The summed E-state index contributed by atoms with van der Waals surface area (Å²) in [5.41, 5.74) is 5.22. The Morgan fingerprint density at radius 3 is 2.59 bits per heavy atom. The molecule has 5 heteroatoms. The molecule has 0 aromatic carbocycles. The maximum absolute atomic E-state index is 11.9. The Bertz CT molecular complexity index is 263. The number of hydrogen-bond donors (Lipinski definition) is 1. The summed E-state index contributed by atoms with van der Waals surface area (Å²) >= 11 is 0. The van der Waals surface area contributed by atoms with Gasteiger partial charge in [-0.05, 0) is 33.7 Å². The van der Waals surface area contributed by atoms with Crippen molar-refractivity contribution in [2.75, 3.05) is 26.7 Å². The van der Waals surface area contributed by atoms with Gasteiger partial charge < -0.3 is 20.1 Å². The molecule has 17 heavy (non-hydrogen) atoms. The highest BCUT2D eigenvalue weighted by Crippen LogP contribution is 2.21. The lowest BCUT2D eigenvalue weighted by atomic mass is 9.94. The number of rotatable bonds is 2. The summed E-state index contributed by atoms with van der Waals surface area (Å²) in [6.07, 6.45) is 0.616. The van der Waals surface area contributed by atoms with Gasteiger partial charge in [-0.2, -0.15) is 0 Å². The maximum atomic E-state index is 11.9. The van der Waals surface area contributed by atoms with Gasteiger partial charge >= 0.3 is 6.09 Å². The van der Waals surface area contributed by atoms with Crippen LogP contribution in [0.4, 0.5) is 4.79 Å². The SMILES string of the molecule is CO[C@@H]1CN(C(=O)OC(C)(C)C)CC[C@@H]1CN. The Hall–Kier alpha value is -0.810. The number of carbonyl (C=O) groups excluding carboxylic acids is 1. The van der Waals surface area contributed by atoms with Gasteiger partial charge in [0.2, 0.25) is 0 Å². The van der Waals surface area contributed by atoms with E-state index in [-0.39, 0.29) is 12.2 Å². The molecule has 0 unspecified atom stereocenters. The molecule has 2 N–H and O–H groups in total. The molecule has 0 bridgehead atoms. The van der Waals surface area contributed by atoms with Gasteiger partial charge in [-0.3, -0.25) is 0 Å². The summed E-state index contributed by atoms with van der Waals surface area (Å²) in [7, 11) is 1.66. The van der Waals surface area contributed by atoms with Crippen LogP contribution in [0.15, 0.2) is 0 Å². The predicted octanol–water partition coefficient (Wildman–Crippen LogP) is 1.22. The van der Waals surface area contributed by atoms with E-state index in [0.29, 0.717) is 25.6 Å². The highest BCUT2D eigenvalue weighted by molar-refractivity contribution is 5.68. The van der Waals surface area contributed by atoms with Crippen LogP contribution >= 0.6 is 0 Å². The van der Waals surface area contributed by atoms with Crippen molar-refractivity contribution >= 4 is 6.09 Å². The summed E-state index contributed by atoms with van der Waals surface area (Å²) in [5.74, 6) is 0.332. The van der Waals surface area contributed by atoms with Gasteiger partial charge in [0.15, 0.2) is 0 Å². The molecule has 0 radical (unpaired) electrons. The van der Waals surface area contributed by atoms with Crippen molar-refractivity contribution in [3.05, 3.63) is 0 Å². The Kier molecular flexibility index (Phi) is 4.77. The Morgan fingerprint density at radius 1 is 1.47 bits per heavy atom. The van der Waals surface area contributed by atoms with Crippen LogP contribution in [0.3, 0.4) is 0 Å². The Morgan fingerprint density at radius 2 is 2.12 bits per heavy atom. The number of carbonyl (C=O) groups is 1. The fraction of sp³-hybridized carbons (Fsp3) is 0.917. The minimum atomic E-state index is -0.454.